The third kappa shape index (κ3) is 2.77. The maximum atomic E-state index is 9.58. The lowest BCUT2D eigenvalue weighted by atomic mass is 9.92. The molecule has 2 rings (SSSR count). The fraction of sp³-hybridized carbons (Fsp3) is 0.500. The first-order valence-corrected chi connectivity index (χ1v) is 6.62. The van der Waals surface area contributed by atoms with Crippen molar-refractivity contribution < 1.29 is 5.11 Å². The summed E-state index contributed by atoms with van der Waals surface area (Å²) in [5.41, 5.74) is 1.57. The van der Waals surface area contributed by atoms with E-state index in [1.807, 2.05) is 13.0 Å². The quantitative estimate of drug-likeness (QED) is 0.894. The average Bonchev–Trinajstić information content (AvgIpc) is 2.38. The van der Waals surface area contributed by atoms with Crippen LogP contribution in [0.3, 0.4) is 0 Å². The summed E-state index contributed by atoms with van der Waals surface area (Å²) in [4.78, 5) is 2.22. The smallest absolute Gasteiger partial charge is 0.0992 e. The number of aliphatic hydroxyl groups excluding tert-OH is 1. The molecule has 1 saturated heterocycles. The van der Waals surface area contributed by atoms with Crippen LogP contribution in [0.1, 0.15) is 25.3 Å². The Balaban J connectivity index is 2.08. The Morgan fingerprint density at radius 3 is 2.61 bits per heavy atom. The van der Waals surface area contributed by atoms with Gasteiger partial charge in [0.15, 0.2) is 0 Å². The van der Waals surface area contributed by atoms with E-state index in [1.165, 1.54) is 0 Å². The fourth-order valence-electron chi connectivity index (χ4n) is 2.46. The number of nitrogens with zero attached hydrogens (tertiary/aromatic N) is 2. The molecule has 3 nitrogen and oxygen atoms in total. The Kier molecular flexibility index (Phi) is 4.11. The summed E-state index contributed by atoms with van der Waals surface area (Å²) < 4.78 is 0. The van der Waals surface area contributed by atoms with Crippen molar-refractivity contribution in [1.29, 1.82) is 5.26 Å². The molecule has 0 aromatic heterocycles. The van der Waals surface area contributed by atoms with Gasteiger partial charge in [0, 0.05) is 13.1 Å². The van der Waals surface area contributed by atoms with Gasteiger partial charge in [-0.2, -0.15) is 5.26 Å². The molecule has 0 spiro atoms. The van der Waals surface area contributed by atoms with Gasteiger partial charge in [-0.25, -0.2) is 0 Å². The minimum absolute atomic E-state index is 0.233. The van der Waals surface area contributed by atoms with E-state index in [4.69, 9.17) is 16.9 Å². The van der Waals surface area contributed by atoms with Crippen LogP contribution in [0, 0.1) is 17.2 Å². The summed E-state index contributed by atoms with van der Waals surface area (Å²) in [6.07, 6.45) is 1.73. The van der Waals surface area contributed by atoms with Gasteiger partial charge in [0.1, 0.15) is 0 Å². The normalized spacial score (nSPS) is 18.4. The second-order valence-corrected chi connectivity index (χ2v) is 5.25. The fourth-order valence-corrected chi connectivity index (χ4v) is 2.76. The van der Waals surface area contributed by atoms with Gasteiger partial charge in [-0.1, -0.05) is 11.6 Å². The number of aliphatic hydroxyl groups is 1. The third-order valence-electron chi connectivity index (χ3n) is 3.64. The number of hydrogen-bond donors (Lipinski definition) is 1. The summed E-state index contributed by atoms with van der Waals surface area (Å²) in [5, 5.41) is 19.0. The van der Waals surface area contributed by atoms with Crippen molar-refractivity contribution in [3.05, 3.63) is 28.8 Å². The Bertz CT molecular complexity index is 459. The Morgan fingerprint density at radius 2 is 2.11 bits per heavy atom. The summed E-state index contributed by atoms with van der Waals surface area (Å²) >= 11 is 6.20. The monoisotopic (exact) mass is 264 g/mol. The number of anilines is 1. The predicted octanol–water partition coefficient (Wildman–Crippen LogP) is 2.81. The zero-order valence-corrected chi connectivity index (χ0v) is 11.2. The van der Waals surface area contributed by atoms with Crippen molar-refractivity contribution in [2.75, 3.05) is 18.0 Å². The highest BCUT2D eigenvalue weighted by atomic mass is 35.5. The highest BCUT2D eigenvalue weighted by molar-refractivity contribution is 6.33. The van der Waals surface area contributed by atoms with Crippen LogP contribution in [0.15, 0.2) is 18.2 Å². The van der Waals surface area contributed by atoms with E-state index >= 15 is 0 Å². The Morgan fingerprint density at radius 1 is 1.44 bits per heavy atom. The van der Waals surface area contributed by atoms with Crippen LogP contribution in [0.2, 0.25) is 5.02 Å². The van der Waals surface area contributed by atoms with Crippen molar-refractivity contribution in [2.24, 2.45) is 5.92 Å². The van der Waals surface area contributed by atoms with E-state index < -0.39 is 0 Å². The van der Waals surface area contributed by atoms with Crippen molar-refractivity contribution in [1.82, 2.24) is 0 Å². The van der Waals surface area contributed by atoms with Crippen LogP contribution in [-0.4, -0.2) is 24.3 Å². The molecule has 1 aliphatic rings. The van der Waals surface area contributed by atoms with Gasteiger partial charge in [-0.15, -0.1) is 0 Å². The molecule has 1 heterocycles. The van der Waals surface area contributed by atoms with Gasteiger partial charge >= 0.3 is 0 Å². The van der Waals surface area contributed by atoms with Crippen LogP contribution in [0.25, 0.3) is 0 Å². The minimum Gasteiger partial charge on any atom is -0.393 e. The van der Waals surface area contributed by atoms with Crippen molar-refractivity contribution in [3.63, 3.8) is 0 Å². The van der Waals surface area contributed by atoms with Gasteiger partial charge in [0.05, 0.1) is 28.4 Å². The lowest BCUT2D eigenvalue weighted by Crippen LogP contribution is -2.37. The third-order valence-corrected chi connectivity index (χ3v) is 3.94. The standard InChI is InChI=1S/C14H17ClN2O/c1-10(18)12-4-6-17(7-5-12)14-3-2-11(9-16)8-13(14)15/h2-3,8,10,12,18H,4-7H2,1H3. The summed E-state index contributed by atoms with van der Waals surface area (Å²) in [5.74, 6) is 0.387. The maximum absolute atomic E-state index is 9.58. The maximum Gasteiger partial charge on any atom is 0.0992 e. The van der Waals surface area contributed by atoms with E-state index in [1.54, 1.807) is 12.1 Å². The second-order valence-electron chi connectivity index (χ2n) is 4.84. The molecule has 1 aliphatic heterocycles. The first kappa shape index (κ1) is 13.2. The van der Waals surface area contributed by atoms with Gasteiger partial charge in [-0.05, 0) is 43.9 Å². The largest absolute Gasteiger partial charge is 0.393 e. The number of hydrogen-bond acceptors (Lipinski definition) is 3. The predicted molar refractivity (Wildman–Crippen MR) is 72.8 cm³/mol. The molecule has 1 unspecified atom stereocenters. The van der Waals surface area contributed by atoms with Gasteiger partial charge < -0.3 is 10.0 Å². The SMILES string of the molecule is CC(O)C1CCN(c2ccc(C#N)cc2Cl)CC1. The van der Waals surface area contributed by atoms with Crippen LogP contribution >= 0.6 is 11.6 Å². The molecule has 0 radical (unpaired) electrons. The van der Waals surface area contributed by atoms with Crippen LogP contribution in [0.5, 0.6) is 0 Å². The molecule has 0 saturated carbocycles. The molecule has 0 bridgehead atoms. The van der Waals surface area contributed by atoms with E-state index in [0.29, 0.717) is 16.5 Å². The lowest BCUT2D eigenvalue weighted by molar-refractivity contribution is 0.110. The Hall–Kier alpha value is -1.24. The number of nitriles is 1. The summed E-state index contributed by atoms with van der Waals surface area (Å²) in [6.45, 7) is 3.66. The molecule has 18 heavy (non-hydrogen) atoms. The van der Waals surface area contributed by atoms with Crippen LogP contribution < -0.4 is 4.90 Å². The molecule has 0 amide bonds. The van der Waals surface area contributed by atoms with Crippen molar-refractivity contribution in [2.45, 2.75) is 25.9 Å². The van der Waals surface area contributed by atoms with E-state index in [9.17, 15) is 5.11 Å². The zero-order chi connectivity index (χ0) is 13.1. The molecule has 1 fully saturated rings. The molecule has 1 N–H and O–H groups in total. The van der Waals surface area contributed by atoms with Gasteiger partial charge in [-0.3, -0.25) is 0 Å². The van der Waals surface area contributed by atoms with Crippen molar-refractivity contribution >= 4 is 17.3 Å². The molecular weight excluding hydrogens is 248 g/mol. The van der Waals surface area contributed by atoms with Gasteiger partial charge in [0.25, 0.3) is 0 Å². The highest BCUT2D eigenvalue weighted by Gasteiger charge is 2.23. The van der Waals surface area contributed by atoms with Gasteiger partial charge in [0.2, 0.25) is 0 Å². The summed E-state index contributed by atoms with van der Waals surface area (Å²) in [6, 6.07) is 7.49. The topological polar surface area (TPSA) is 47.3 Å². The van der Waals surface area contributed by atoms with Crippen molar-refractivity contribution in [3.8, 4) is 6.07 Å². The first-order valence-electron chi connectivity index (χ1n) is 6.24. The molecule has 1 aromatic carbocycles. The van der Waals surface area contributed by atoms with Crippen LogP contribution in [-0.2, 0) is 0 Å². The minimum atomic E-state index is -0.233. The molecule has 1 aromatic rings. The average molecular weight is 265 g/mol. The lowest BCUT2D eigenvalue weighted by Gasteiger charge is -2.35. The number of benzene rings is 1. The molecule has 4 heteroatoms. The molecule has 96 valence electrons. The first-order chi connectivity index (χ1) is 8.61. The van der Waals surface area contributed by atoms with E-state index in [2.05, 4.69) is 11.0 Å². The number of halogens is 1. The summed E-state index contributed by atoms with van der Waals surface area (Å²) in [7, 11) is 0. The Labute approximate surface area is 113 Å². The van der Waals surface area contributed by atoms with Crippen LogP contribution in [0.4, 0.5) is 5.69 Å². The van der Waals surface area contributed by atoms with E-state index in [0.717, 1.165) is 31.6 Å². The molecule has 0 aliphatic carbocycles. The second kappa shape index (κ2) is 5.60. The highest BCUT2D eigenvalue weighted by Crippen LogP contribution is 2.31. The molecule has 1 atom stereocenters. The zero-order valence-electron chi connectivity index (χ0n) is 10.4. The molecular formula is C14H17ClN2O. The number of rotatable bonds is 2. The number of piperidine rings is 1. The van der Waals surface area contributed by atoms with E-state index in [-0.39, 0.29) is 6.10 Å².